The summed E-state index contributed by atoms with van der Waals surface area (Å²) in [5.41, 5.74) is 0.240. The van der Waals surface area contributed by atoms with Crippen LogP contribution in [-0.2, 0) is 0 Å². The highest BCUT2D eigenvalue weighted by Gasteiger charge is 2.16. The minimum Gasteiger partial charge on any atom is -0.353 e. The summed E-state index contributed by atoms with van der Waals surface area (Å²) >= 11 is 10.4. The van der Waals surface area contributed by atoms with Crippen LogP contribution >= 0.6 is 38.9 Å². The molecule has 0 bridgehead atoms. The van der Waals surface area contributed by atoms with Crippen molar-refractivity contribution < 1.29 is 4.52 Å². The van der Waals surface area contributed by atoms with Crippen LogP contribution in [0.4, 0.5) is 0 Å². The first-order chi connectivity index (χ1) is 6.72. The standard InChI is InChI=1S/C8H2BrClN2OS/c9-7-4(3-11)12-13-8(7)5-1-2-6(10)14-5/h1-2H. The number of halogens is 2. The fourth-order valence-electron chi connectivity index (χ4n) is 0.938. The molecule has 2 aromatic rings. The van der Waals surface area contributed by atoms with Gasteiger partial charge in [0.2, 0.25) is 0 Å². The molecule has 2 rings (SSSR count). The molecule has 0 fully saturated rings. The number of nitriles is 1. The Kier molecular flexibility index (Phi) is 2.59. The molecule has 0 aliphatic rings. The number of rotatable bonds is 1. The van der Waals surface area contributed by atoms with Crippen molar-refractivity contribution in [2.45, 2.75) is 0 Å². The molecule has 0 radical (unpaired) electrons. The first-order valence-corrected chi connectivity index (χ1v) is 5.52. The lowest BCUT2D eigenvalue weighted by Crippen LogP contribution is -1.71. The molecule has 2 aromatic heterocycles. The van der Waals surface area contributed by atoms with Crippen molar-refractivity contribution in [3.63, 3.8) is 0 Å². The van der Waals surface area contributed by atoms with Gasteiger partial charge in [0.05, 0.1) is 9.21 Å². The highest BCUT2D eigenvalue weighted by molar-refractivity contribution is 9.10. The van der Waals surface area contributed by atoms with E-state index in [2.05, 4.69) is 21.1 Å². The van der Waals surface area contributed by atoms with Crippen LogP contribution < -0.4 is 0 Å². The van der Waals surface area contributed by atoms with Gasteiger partial charge in [-0.3, -0.25) is 0 Å². The Morgan fingerprint density at radius 2 is 2.36 bits per heavy atom. The maximum Gasteiger partial charge on any atom is 0.198 e. The van der Waals surface area contributed by atoms with Gasteiger partial charge in [-0.1, -0.05) is 16.8 Å². The van der Waals surface area contributed by atoms with Gasteiger partial charge in [0.1, 0.15) is 10.5 Å². The number of nitrogens with zero attached hydrogens (tertiary/aromatic N) is 2. The average molecular weight is 290 g/mol. The molecular weight excluding hydrogens is 288 g/mol. The summed E-state index contributed by atoms with van der Waals surface area (Å²) in [6.07, 6.45) is 0. The normalized spacial score (nSPS) is 10.1. The summed E-state index contributed by atoms with van der Waals surface area (Å²) in [6, 6.07) is 5.50. The predicted octanol–water partition coefficient (Wildman–Crippen LogP) is 3.69. The maximum atomic E-state index is 8.66. The number of aromatic nitrogens is 1. The van der Waals surface area contributed by atoms with Crippen molar-refractivity contribution >= 4 is 38.9 Å². The molecular formula is C8H2BrClN2OS. The zero-order chi connectivity index (χ0) is 10.1. The Balaban J connectivity index is 2.53. The Labute approximate surface area is 97.0 Å². The zero-order valence-corrected chi connectivity index (χ0v) is 9.78. The third-order valence-corrected chi connectivity index (χ3v) is 3.50. The van der Waals surface area contributed by atoms with Crippen molar-refractivity contribution in [1.29, 1.82) is 5.26 Å². The quantitative estimate of drug-likeness (QED) is 0.804. The van der Waals surface area contributed by atoms with Crippen LogP contribution in [0.1, 0.15) is 5.69 Å². The van der Waals surface area contributed by atoms with Gasteiger partial charge < -0.3 is 4.52 Å². The van der Waals surface area contributed by atoms with E-state index in [4.69, 9.17) is 21.4 Å². The van der Waals surface area contributed by atoms with Crippen LogP contribution in [0, 0.1) is 11.3 Å². The van der Waals surface area contributed by atoms with E-state index >= 15 is 0 Å². The Bertz CT molecular complexity index is 514. The van der Waals surface area contributed by atoms with E-state index in [1.54, 1.807) is 6.07 Å². The highest BCUT2D eigenvalue weighted by Crippen LogP contribution is 2.36. The molecule has 3 nitrogen and oxygen atoms in total. The topological polar surface area (TPSA) is 49.8 Å². The lowest BCUT2D eigenvalue weighted by atomic mass is 10.3. The van der Waals surface area contributed by atoms with Crippen LogP contribution in [0.3, 0.4) is 0 Å². The fraction of sp³-hybridized carbons (Fsp3) is 0. The zero-order valence-electron chi connectivity index (χ0n) is 6.62. The number of thiophene rings is 1. The monoisotopic (exact) mass is 288 g/mol. The van der Waals surface area contributed by atoms with Gasteiger partial charge in [-0.15, -0.1) is 11.3 Å². The summed E-state index contributed by atoms with van der Waals surface area (Å²) in [4.78, 5) is 0.843. The van der Waals surface area contributed by atoms with Crippen LogP contribution in [0.5, 0.6) is 0 Å². The van der Waals surface area contributed by atoms with Crippen molar-refractivity contribution in [2.75, 3.05) is 0 Å². The minimum absolute atomic E-state index is 0.240. The molecule has 0 N–H and O–H groups in total. The van der Waals surface area contributed by atoms with E-state index in [9.17, 15) is 0 Å². The molecule has 0 amide bonds. The predicted molar refractivity (Wildman–Crippen MR) is 57.2 cm³/mol. The molecule has 0 saturated heterocycles. The minimum atomic E-state index is 0.240. The summed E-state index contributed by atoms with van der Waals surface area (Å²) in [7, 11) is 0. The van der Waals surface area contributed by atoms with Crippen molar-refractivity contribution in [2.24, 2.45) is 0 Å². The number of hydrogen-bond acceptors (Lipinski definition) is 4. The Morgan fingerprint density at radius 1 is 1.57 bits per heavy atom. The van der Waals surface area contributed by atoms with E-state index in [-0.39, 0.29) is 5.69 Å². The van der Waals surface area contributed by atoms with Gasteiger partial charge in [-0.25, -0.2) is 0 Å². The second-order valence-electron chi connectivity index (χ2n) is 2.39. The van der Waals surface area contributed by atoms with Gasteiger partial charge >= 0.3 is 0 Å². The molecule has 70 valence electrons. The molecule has 0 aliphatic carbocycles. The first-order valence-electron chi connectivity index (χ1n) is 3.53. The molecule has 6 heteroatoms. The summed E-state index contributed by atoms with van der Waals surface area (Å²) < 4.78 is 6.25. The lowest BCUT2D eigenvalue weighted by molar-refractivity contribution is 0.430. The summed E-state index contributed by atoms with van der Waals surface area (Å²) in [5.74, 6) is 0.540. The second-order valence-corrected chi connectivity index (χ2v) is 4.90. The average Bonchev–Trinajstić information content (AvgIpc) is 2.72. The largest absolute Gasteiger partial charge is 0.353 e. The van der Waals surface area contributed by atoms with E-state index in [0.29, 0.717) is 14.6 Å². The molecule has 0 spiro atoms. The third kappa shape index (κ3) is 1.57. The number of hydrogen-bond donors (Lipinski definition) is 0. The first kappa shape index (κ1) is 9.71. The second kappa shape index (κ2) is 3.73. The highest BCUT2D eigenvalue weighted by atomic mass is 79.9. The molecule has 0 saturated carbocycles. The molecule has 0 aromatic carbocycles. The van der Waals surface area contributed by atoms with Gasteiger partial charge in [0.15, 0.2) is 11.5 Å². The van der Waals surface area contributed by atoms with Gasteiger partial charge in [0, 0.05) is 0 Å². The molecule has 0 aliphatic heterocycles. The van der Waals surface area contributed by atoms with Gasteiger partial charge in [-0.2, -0.15) is 5.26 Å². The molecule has 14 heavy (non-hydrogen) atoms. The van der Waals surface area contributed by atoms with E-state index in [0.717, 1.165) is 4.88 Å². The van der Waals surface area contributed by atoms with Gasteiger partial charge in [0.25, 0.3) is 0 Å². The molecule has 2 heterocycles. The third-order valence-electron chi connectivity index (χ3n) is 1.54. The fourth-order valence-corrected chi connectivity index (χ4v) is 2.54. The van der Waals surface area contributed by atoms with E-state index in [1.165, 1.54) is 11.3 Å². The van der Waals surface area contributed by atoms with Gasteiger partial charge in [-0.05, 0) is 28.1 Å². The Hall–Kier alpha value is -0.830. The van der Waals surface area contributed by atoms with E-state index in [1.807, 2.05) is 12.1 Å². The van der Waals surface area contributed by atoms with Crippen LogP contribution in [0.25, 0.3) is 10.6 Å². The van der Waals surface area contributed by atoms with Crippen LogP contribution in [0.2, 0.25) is 4.34 Å². The SMILES string of the molecule is N#Cc1noc(-c2ccc(Cl)s2)c1Br. The van der Waals surface area contributed by atoms with Crippen LogP contribution in [-0.4, -0.2) is 5.16 Å². The summed E-state index contributed by atoms with van der Waals surface area (Å²) in [5, 5.41) is 12.3. The van der Waals surface area contributed by atoms with Crippen LogP contribution in [0.15, 0.2) is 21.1 Å². The van der Waals surface area contributed by atoms with Crippen molar-refractivity contribution in [3.8, 4) is 16.7 Å². The lowest BCUT2D eigenvalue weighted by Gasteiger charge is -1.87. The van der Waals surface area contributed by atoms with E-state index < -0.39 is 0 Å². The summed E-state index contributed by atoms with van der Waals surface area (Å²) in [6.45, 7) is 0. The Morgan fingerprint density at radius 3 is 2.86 bits per heavy atom. The smallest absolute Gasteiger partial charge is 0.198 e. The van der Waals surface area contributed by atoms with Crippen molar-refractivity contribution in [1.82, 2.24) is 5.16 Å². The molecule has 0 atom stereocenters. The van der Waals surface area contributed by atoms with Crippen molar-refractivity contribution in [3.05, 3.63) is 26.6 Å². The maximum absolute atomic E-state index is 8.66. The molecule has 0 unspecified atom stereocenters.